The minimum Gasteiger partial charge on any atom is -0.423 e. The molecule has 0 bridgehead atoms. The highest BCUT2D eigenvalue weighted by molar-refractivity contribution is 5.74. The van der Waals surface area contributed by atoms with E-state index in [0.717, 1.165) is 6.20 Å². The highest BCUT2D eigenvalue weighted by Gasteiger charge is 2.12. The highest BCUT2D eigenvalue weighted by atomic mass is 19.1. The predicted octanol–water partition coefficient (Wildman–Crippen LogP) is 1.78. The molecule has 1 heterocycles. The third kappa shape index (κ3) is 2.50. The van der Waals surface area contributed by atoms with Crippen LogP contribution in [0.5, 0.6) is 5.75 Å². The Labute approximate surface area is 75.6 Å². The Morgan fingerprint density at radius 2 is 2.31 bits per heavy atom. The van der Waals surface area contributed by atoms with Crippen LogP contribution in [0.15, 0.2) is 18.5 Å². The van der Waals surface area contributed by atoms with Crippen LogP contribution in [0.4, 0.5) is 4.39 Å². The maximum absolute atomic E-state index is 12.9. The topological polar surface area (TPSA) is 39.2 Å². The molecule has 0 spiro atoms. The molecule has 0 atom stereocenters. The van der Waals surface area contributed by atoms with Crippen LogP contribution >= 0.6 is 0 Å². The van der Waals surface area contributed by atoms with Gasteiger partial charge in [-0.25, -0.2) is 4.39 Å². The molecular formula is C9H10FNO2. The van der Waals surface area contributed by atoms with Gasteiger partial charge in [0.2, 0.25) is 0 Å². The average Bonchev–Trinajstić information content (AvgIpc) is 2.08. The van der Waals surface area contributed by atoms with Gasteiger partial charge in [-0.05, 0) is 0 Å². The van der Waals surface area contributed by atoms with Gasteiger partial charge >= 0.3 is 5.97 Å². The molecule has 0 radical (unpaired) electrons. The quantitative estimate of drug-likeness (QED) is 0.656. The molecule has 0 aliphatic rings. The molecule has 13 heavy (non-hydrogen) atoms. The fourth-order valence-corrected chi connectivity index (χ4v) is 0.671. The van der Waals surface area contributed by atoms with Gasteiger partial charge in [0.05, 0.1) is 12.1 Å². The minimum atomic E-state index is -0.628. The number of carbonyl (C=O) groups is 1. The van der Waals surface area contributed by atoms with E-state index in [1.807, 2.05) is 0 Å². The molecule has 0 saturated carbocycles. The normalized spacial score (nSPS) is 10.2. The molecule has 0 N–H and O–H groups in total. The first kappa shape index (κ1) is 9.64. The van der Waals surface area contributed by atoms with E-state index in [9.17, 15) is 9.18 Å². The summed E-state index contributed by atoms with van der Waals surface area (Å²) in [5.41, 5.74) is 0. The van der Waals surface area contributed by atoms with Crippen molar-refractivity contribution in [3.05, 3.63) is 24.3 Å². The standard InChI is InChI=1S/C9H10FNO2/c1-6(2)9(12)13-8-3-4-11-5-7(8)10/h3-6H,1-2H3. The van der Waals surface area contributed by atoms with Crippen molar-refractivity contribution in [3.63, 3.8) is 0 Å². The predicted molar refractivity (Wildman–Crippen MR) is 44.7 cm³/mol. The summed E-state index contributed by atoms with van der Waals surface area (Å²) in [5.74, 6) is -1.43. The summed E-state index contributed by atoms with van der Waals surface area (Å²) in [5, 5.41) is 0. The Kier molecular flexibility index (Phi) is 2.95. The SMILES string of the molecule is CC(C)C(=O)Oc1ccncc1F. The van der Waals surface area contributed by atoms with Crippen molar-refractivity contribution in [2.24, 2.45) is 5.92 Å². The van der Waals surface area contributed by atoms with E-state index < -0.39 is 11.8 Å². The van der Waals surface area contributed by atoms with Crippen LogP contribution in [-0.4, -0.2) is 11.0 Å². The molecule has 0 unspecified atom stereocenters. The van der Waals surface area contributed by atoms with Crippen LogP contribution in [0, 0.1) is 11.7 Å². The Balaban J connectivity index is 2.75. The minimum absolute atomic E-state index is 0.0753. The van der Waals surface area contributed by atoms with Gasteiger partial charge in [0.15, 0.2) is 11.6 Å². The summed E-state index contributed by atoms with van der Waals surface area (Å²) in [7, 11) is 0. The summed E-state index contributed by atoms with van der Waals surface area (Å²) in [6.07, 6.45) is 2.37. The monoisotopic (exact) mass is 183 g/mol. The molecule has 3 nitrogen and oxygen atoms in total. The highest BCUT2D eigenvalue weighted by Crippen LogP contribution is 2.15. The Morgan fingerprint density at radius 1 is 1.62 bits per heavy atom. The lowest BCUT2D eigenvalue weighted by atomic mass is 10.2. The van der Waals surface area contributed by atoms with Crippen molar-refractivity contribution in [3.8, 4) is 5.75 Å². The number of nitrogens with zero attached hydrogens (tertiary/aromatic N) is 1. The molecule has 1 aromatic heterocycles. The first-order valence-corrected chi connectivity index (χ1v) is 3.92. The second-order valence-electron chi connectivity index (χ2n) is 2.88. The number of ether oxygens (including phenoxy) is 1. The average molecular weight is 183 g/mol. The number of rotatable bonds is 2. The number of halogens is 1. The van der Waals surface area contributed by atoms with Crippen molar-refractivity contribution in [1.29, 1.82) is 0 Å². The Hall–Kier alpha value is -1.45. The third-order valence-electron chi connectivity index (χ3n) is 1.42. The largest absolute Gasteiger partial charge is 0.423 e. The smallest absolute Gasteiger partial charge is 0.313 e. The van der Waals surface area contributed by atoms with Gasteiger partial charge in [-0.2, -0.15) is 0 Å². The van der Waals surface area contributed by atoms with E-state index in [-0.39, 0.29) is 11.7 Å². The maximum Gasteiger partial charge on any atom is 0.313 e. The number of pyridine rings is 1. The van der Waals surface area contributed by atoms with E-state index in [0.29, 0.717) is 0 Å². The van der Waals surface area contributed by atoms with Crippen LogP contribution in [0.2, 0.25) is 0 Å². The van der Waals surface area contributed by atoms with Crippen molar-refractivity contribution in [1.82, 2.24) is 4.98 Å². The fraction of sp³-hybridized carbons (Fsp3) is 0.333. The number of aromatic nitrogens is 1. The number of hydrogen-bond donors (Lipinski definition) is 0. The molecule has 0 aliphatic heterocycles. The molecular weight excluding hydrogens is 173 g/mol. The van der Waals surface area contributed by atoms with E-state index >= 15 is 0 Å². The van der Waals surface area contributed by atoms with Crippen LogP contribution in [0.25, 0.3) is 0 Å². The number of carbonyl (C=O) groups excluding carboxylic acids is 1. The second-order valence-corrected chi connectivity index (χ2v) is 2.88. The van der Waals surface area contributed by atoms with E-state index in [1.165, 1.54) is 12.3 Å². The van der Waals surface area contributed by atoms with Gasteiger partial charge in [-0.15, -0.1) is 0 Å². The van der Waals surface area contributed by atoms with Gasteiger partial charge in [-0.1, -0.05) is 13.8 Å². The molecule has 70 valence electrons. The first-order valence-electron chi connectivity index (χ1n) is 3.92. The van der Waals surface area contributed by atoms with Crippen molar-refractivity contribution >= 4 is 5.97 Å². The molecule has 1 rings (SSSR count). The lowest BCUT2D eigenvalue weighted by Gasteiger charge is -2.06. The van der Waals surface area contributed by atoms with Gasteiger partial charge in [0.25, 0.3) is 0 Å². The summed E-state index contributed by atoms with van der Waals surface area (Å²) in [6, 6.07) is 1.32. The molecule has 0 saturated heterocycles. The van der Waals surface area contributed by atoms with Gasteiger partial charge in [-0.3, -0.25) is 9.78 Å². The fourth-order valence-electron chi connectivity index (χ4n) is 0.671. The van der Waals surface area contributed by atoms with E-state index in [4.69, 9.17) is 4.74 Å². The van der Waals surface area contributed by atoms with Crippen molar-refractivity contribution in [2.75, 3.05) is 0 Å². The summed E-state index contributed by atoms with van der Waals surface area (Å²) in [6.45, 7) is 3.36. The van der Waals surface area contributed by atoms with Crippen LogP contribution < -0.4 is 4.74 Å². The summed E-state index contributed by atoms with van der Waals surface area (Å²) >= 11 is 0. The van der Waals surface area contributed by atoms with Crippen molar-refractivity contribution < 1.29 is 13.9 Å². The Morgan fingerprint density at radius 3 is 2.85 bits per heavy atom. The van der Waals surface area contributed by atoms with Crippen molar-refractivity contribution in [2.45, 2.75) is 13.8 Å². The van der Waals surface area contributed by atoms with Crippen LogP contribution in [0.1, 0.15) is 13.8 Å². The molecule has 0 amide bonds. The molecule has 0 aliphatic carbocycles. The maximum atomic E-state index is 12.9. The van der Waals surface area contributed by atoms with Crippen LogP contribution in [0.3, 0.4) is 0 Å². The molecule has 0 fully saturated rings. The number of hydrogen-bond acceptors (Lipinski definition) is 3. The van der Waals surface area contributed by atoms with Gasteiger partial charge in [0.1, 0.15) is 0 Å². The molecule has 4 heteroatoms. The van der Waals surface area contributed by atoms with Gasteiger partial charge in [0, 0.05) is 12.3 Å². The summed E-state index contributed by atoms with van der Waals surface area (Å²) in [4.78, 5) is 14.6. The first-order chi connectivity index (χ1) is 6.11. The second kappa shape index (κ2) is 3.98. The zero-order valence-corrected chi connectivity index (χ0v) is 7.45. The summed E-state index contributed by atoms with van der Waals surface area (Å²) < 4.78 is 17.6. The third-order valence-corrected chi connectivity index (χ3v) is 1.42. The van der Waals surface area contributed by atoms with Gasteiger partial charge < -0.3 is 4.74 Å². The molecule has 0 aromatic carbocycles. The van der Waals surface area contributed by atoms with Crippen LogP contribution in [-0.2, 0) is 4.79 Å². The number of esters is 1. The molecule has 1 aromatic rings. The zero-order chi connectivity index (χ0) is 9.84. The zero-order valence-electron chi connectivity index (χ0n) is 7.45. The lowest BCUT2D eigenvalue weighted by molar-refractivity contribution is -0.137. The lowest BCUT2D eigenvalue weighted by Crippen LogP contribution is -2.15. The van der Waals surface area contributed by atoms with E-state index in [2.05, 4.69) is 4.98 Å². The van der Waals surface area contributed by atoms with E-state index in [1.54, 1.807) is 13.8 Å². The Bertz CT molecular complexity index is 312.